The van der Waals surface area contributed by atoms with Crippen LogP contribution in [0.2, 0.25) is 0 Å². The van der Waals surface area contributed by atoms with Crippen molar-refractivity contribution in [3.63, 3.8) is 0 Å². The highest BCUT2D eigenvalue weighted by atomic mass is 16.6. The maximum absolute atomic E-state index is 12.8. The molecule has 0 bridgehead atoms. The summed E-state index contributed by atoms with van der Waals surface area (Å²) in [5.74, 6) is -0.761. The molecular formula is C21H17N3O5. The third kappa shape index (κ3) is 4.95. The third-order valence-corrected chi connectivity index (χ3v) is 4.04. The zero-order valence-electron chi connectivity index (χ0n) is 15.4. The highest BCUT2D eigenvalue weighted by molar-refractivity contribution is 6.10. The van der Waals surface area contributed by atoms with Gasteiger partial charge in [0.15, 0.2) is 0 Å². The molecule has 0 spiro atoms. The number of nitro groups is 1. The van der Waals surface area contributed by atoms with E-state index in [0.717, 1.165) is 0 Å². The molecule has 0 atom stereocenters. The first-order valence-electron chi connectivity index (χ1n) is 8.62. The minimum absolute atomic E-state index is 0.0697. The molecular weight excluding hydrogens is 374 g/mol. The van der Waals surface area contributed by atoms with Gasteiger partial charge in [0.2, 0.25) is 0 Å². The molecule has 0 unspecified atom stereocenters. The summed E-state index contributed by atoms with van der Waals surface area (Å²) in [5, 5.41) is 16.2. The first-order valence-corrected chi connectivity index (χ1v) is 8.62. The Kier molecular flexibility index (Phi) is 5.84. The molecule has 0 radical (unpaired) electrons. The summed E-state index contributed by atoms with van der Waals surface area (Å²) in [5.41, 5.74) is 1.05. The number of carbonyl (C=O) groups is 2. The molecule has 0 aliphatic rings. The van der Waals surface area contributed by atoms with Crippen LogP contribution in [-0.4, -0.2) is 16.7 Å². The number of amides is 2. The fourth-order valence-electron chi connectivity index (χ4n) is 2.51. The lowest BCUT2D eigenvalue weighted by molar-refractivity contribution is -0.384. The van der Waals surface area contributed by atoms with Gasteiger partial charge in [-0.05, 0) is 36.8 Å². The number of benzene rings is 2. The Morgan fingerprint density at radius 1 is 1.07 bits per heavy atom. The fraction of sp³-hybridized carbons (Fsp3) is 0.0476. The van der Waals surface area contributed by atoms with Crippen LogP contribution < -0.4 is 10.6 Å². The molecule has 3 aromatic rings. The van der Waals surface area contributed by atoms with Crippen LogP contribution in [0.3, 0.4) is 0 Å². The number of aryl methyl sites for hydroxylation is 1. The van der Waals surface area contributed by atoms with E-state index in [-0.39, 0.29) is 17.1 Å². The summed E-state index contributed by atoms with van der Waals surface area (Å²) in [6.45, 7) is 1.71. The van der Waals surface area contributed by atoms with Crippen molar-refractivity contribution in [3.05, 3.63) is 99.6 Å². The summed E-state index contributed by atoms with van der Waals surface area (Å²) in [4.78, 5) is 35.8. The maximum atomic E-state index is 12.8. The normalized spacial score (nSPS) is 11.0. The molecule has 2 amide bonds. The first-order chi connectivity index (χ1) is 13.9. The third-order valence-electron chi connectivity index (χ3n) is 4.04. The van der Waals surface area contributed by atoms with Crippen molar-refractivity contribution in [1.82, 2.24) is 5.32 Å². The van der Waals surface area contributed by atoms with Gasteiger partial charge < -0.3 is 15.1 Å². The Morgan fingerprint density at radius 2 is 1.83 bits per heavy atom. The van der Waals surface area contributed by atoms with Crippen molar-refractivity contribution in [3.8, 4) is 0 Å². The Morgan fingerprint density at radius 3 is 2.48 bits per heavy atom. The Balaban J connectivity index is 1.88. The number of furan rings is 1. The highest BCUT2D eigenvalue weighted by Gasteiger charge is 2.17. The lowest BCUT2D eigenvalue weighted by Gasteiger charge is -2.12. The molecule has 2 N–H and O–H groups in total. The van der Waals surface area contributed by atoms with Crippen LogP contribution in [0.4, 0.5) is 11.4 Å². The van der Waals surface area contributed by atoms with Gasteiger partial charge in [-0.15, -0.1) is 0 Å². The zero-order valence-corrected chi connectivity index (χ0v) is 15.4. The van der Waals surface area contributed by atoms with E-state index in [1.54, 1.807) is 49.4 Å². The van der Waals surface area contributed by atoms with E-state index >= 15 is 0 Å². The quantitative estimate of drug-likeness (QED) is 0.376. The molecule has 1 aromatic heterocycles. The van der Waals surface area contributed by atoms with E-state index in [4.69, 9.17) is 4.42 Å². The monoisotopic (exact) mass is 391 g/mol. The van der Waals surface area contributed by atoms with Crippen LogP contribution >= 0.6 is 0 Å². The minimum Gasteiger partial charge on any atom is -0.465 e. The lowest BCUT2D eigenvalue weighted by Crippen LogP contribution is -2.30. The number of rotatable bonds is 6. The fourth-order valence-corrected chi connectivity index (χ4v) is 2.51. The van der Waals surface area contributed by atoms with E-state index in [1.165, 1.54) is 30.5 Å². The highest BCUT2D eigenvalue weighted by Crippen LogP contribution is 2.22. The molecule has 8 heteroatoms. The molecule has 29 heavy (non-hydrogen) atoms. The van der Waals surface area contributed by atoms with Gasteiger partial charge in [-0.25, -0.2) is 0 Å². The Hall–Kier alpha value is -4.20. The van der Waals surface area contributed by atoms with Gasteiger partial charge in [0.05, 0.1) is 16.9 Å². The van der Waals surface area contributed by atoms with Gasteiger partial charge in [-0.3, -0.25) is 19.7 Å². The number of nitrogens with zero attached hydrogens (tertiary/aromatic N) is 1. The van der Waals surface area contributed by atoms with E-state index in [1.807, 2.05) is 0 Å². The molecule has 1 heterocycles. The molecule has 0 aliphatic carbocycles. The number of hydrogen-bond donors (Lipinski definition) is 2. The molecule has 0 fully saturated rings. The number of nitro benzene ring substituents is 1. The lowest BCUT2D eigenvalue weighted by atomic mass is 10.1. The van der Waals surface area contributed by atoms with E-state index in [9.17, 15) is 19.7 Å². The molecule has 2 aromatic carbocycles. The van der Waals surface area contributed by atoms with Crippen molar-refractivity contribution in [2.45, 2.75) is 6.92 Å². The van der Waals surface area contributed by atoms with Crippen molar-refractivity contribution in [1.29, 1.82) is 0 Å². The molecule has 146 valence electrons. The van der Waals surface area contributed by atoms with E-state index in [0.29, 0.717) is 16.9 Å². The van der Waals surface area contributed by atoms with Crippen LogP contribution in [0.1, 0.15) is 21.7 Å². The van der Waals surface area contributed by atoms with Crippen LogP contribution in [0, 0.1) is 17.0 Å². The van der Waals surface area contributed by atoms with E-state index in [2.05, 4.69) is 10.6 Å². The second-order valence-electron chi connectivity index (χ2n) is 6.10. The summed E-state index contributed by atoms with van der Waals surface area (Å²) < 4.78 is 5.23. The van der Waals surface area contributed by atoms with Gasteiger partial charge in [-0.1, -0.05) is 24.3 Å². The van der Waals surface area contributed by atoms with E-state index < -0.39 is 16.7 Å². The van der Waals surface area contributed by atoms with Gasteiger partial charge >= 0.3 is 0 Å². The van der Waals surface area contributed by atoms with Crippen LogP contribution in [0.15, 0.2) is 77.0 Å². The number of nitrogens with one attached hydrogen (secondary N) is 2. The van der Waals surface area contributed by atoms with Crippen LogP contribution in [-0.2, 0) is 4.79 Å². The predicted octanol–water partition coefficient (Wildman–Crippen LogP) is 3.91. The van der Waals surface area contributed by atoms with Gasteiger partial charge in [0, 0.05) is 23.8 Å². The summed E-state index contributed by atoms with van der Waals surface area (Å²) in [7, 11) is 0. The summed E-state index contributed by atoms with van der Waals surface area (Å²) in [6, 6.07) is 15.8. The smallest absolute Gasteiger partial charge is 0.272 e. The number of carbonyl (C=O) groups excluding carboxylic acids is 2. The molecule has 8 nitrogen and oxygen atoms in total. The zero-order chi connectivity index (χ0) is 20.8. The average Bonchev–Trinajstić information content (AvgIpc) is 3.22. The molecule has 0 aliphatic heterocycles. The van der Waals surface area contributed by atoms with Crippen molar-refractivity contribution in [2.24, 2.45) is 0 Å². The van der Waals surface area contributed by atoms with Gasteiger partial charge in [-0.2, -0.15) is 0 Å². The van der Waals surface area contributed by atoms with Gasteiger partial charge in [0.1, 0.15) is 11.5 Å². The maximum Gasteiger partial charge on any atom is 0.272 e. The number of hydrogen-bond acceptors (Lipinski definition) is 5. The van der Waals surface area contributed by atoms with Crippen molar-refractivity contribution in [2.75, 3.05) is 5.32 Å². The second-order valence-corrected chi connectivity index (χ2v) is 6.10. The minimum atomic E-state index is -0.644. The second kappa shape index (κ2) is 8.66. The van der Waals surface area contributed by atoms with Gasteiger partial charge in [0.25, 0.3) is 17.5 Å². The van der Waals surface area contributed by atoms with Crippen LogP contribution in [0.5, 0.6) is 0 Å². The number of non-ortho nitro benzene ring substituents is 1. The summed E-state index contributed by atoms with van der Waals surface area (Å²) in [6.07, 6.45) is 2.81. The standard InChI is InChI=1S/C21H17N3O5/c1-14-9-10-16(24(27)28)12-18(14)22-21(26)19(13-17-8-5-11-29-17)23-20(25)15-6-3-2-4-7-15/h2-13H,1H3,(H,22,26)(H,23,25)/b19-13+. The Bertz CT molecular complexity index is 1070. The Labute approximate surface area is 166 Å². The topological polar surface area (TPSA) is 114 Å². The SMILES string of the molecule is Cc1ccc([N+](=O)[O-])cc1NC(=O)/C(=C\c1ccco1)NC(=O)c1ccccc1. The number of anilines is 1. The molecule has 0 saturated heterocycles. The van der Waals surface area contributed by atoms with Crippen molar-refractivity contribution < 1.29 is 18.9 Å². The largest absolute Gasteiger partial charge is 0.465 e. The molecule has 3 rings (SSSR count). The summed E-state index contributed by atoms with van der Waals surface area (Å²) >= 11 is 0. The molecule has 0 saturated carbocycles. The van der Waals surface area contributed by atoms with Crippen molar-refractivity contribution >= 4 is 29.3 Å². The average molecular weight is 391 g/mol. The van der Waals surface area contributed by atoms with Crippen LogP contribution in [0.25, 0.3) is 6.08 Å². The first kappa shape index (κ1) is 19.6. The predicted molar refractivity (Wildman–Crippen MR) is 107 cm³/mol.